The fourth-order valence-electron chi connectivity index (χ4n) is 1.15. The maximum absolute atomic E-state index is 13.3. The number of benzene rings is 1. The van der Waals surface area contributed by atoms with Crippen molar-refractivity contribution in [3.63, 3.8) is 0 Å². The lowest BCUT2D eigenvalue weighted by Crippen LogP contribution is -1.85. The van der Waals surface area contributed by atoms with Crippen LogP contribution in [0, 0.1) is 17.6 Å². The molecule has 0 radical (unpaired) electrons. The lowest BCUT2D eigenvalue weighted by atomic mass is 10.1. The monoisotopic (exact) mass is 210 g/mol. The molecule has 1 aromatic carbocycles. The number of hydrogen-bond donors (Lipinski definition) is 1. The maximum atomic E-state index is 13.3. The topological polar surface area (TPSA) is 41.8 Å². The van der Waals surface area contributed by atoms with Gasteiger partial charge >= 0.3 is 0 Å². The van der Waals surface area contributed by atoms with Crippen LogP contribution in [0.3, 0.4) is 0 Å². The van der Waals surface area contributed by atoms with Crippen LogP contribution in [0.15, 0.2) is 22.6 Å². The van der Waals surface area contributed by atoms with E-state index in [4.69, 9.17) is 16.6 Å². The van der Waals surface area contributed by atoms with Gasteiger partial charge in [-0.3, -0.25) is 0 Å². The molecule has 0 bridgehead atoms. The standard InChI is InChI=1S/C9H7FN2OS/c1-5-2-3-7(10)6(4-5)8-11-12-9(14)13-8/h2-4H,1H3,(H,12,14). The third-order valence-corrected chi connectivity index (χ3v) is 1.96. The molecule has 3 nitrogen and oxygen atoms in total. The molecule has 0 aliphatic rings. The van der Waals surface area contributed by atoms with Gasteiger partial charge in [0, 0.05) is 0 Å². The summed E-state index contributed by atoms with van der Waals surface area (Å²) >= 11 is 4.70. The molecule has 2 rings (SSSR count). The van der Waals surface area contributed by atoms with Gasteiger partial charge in [0.25, 0.3) is 4.84 Å². The van der Waals surface area contributed by atoms with Crippen molar-refractivity contribution in [1.82, 2.24) is 10.2 Å². The first-order valence-corrected chi connectivity index (χ1v) is 4.39. The summed E-state index contributed by atoms with van der Waals surface area (Å²) in [6, 6.07) is 4.71. The molecular weight excluding hydrogens is 203 g/mol. The third-order valence-electron chi connectivity index (χ3n) is 1.79. The molecule has 1 aromatic heterocycles. The molecule has 0 unspecified atom stereocenters. The van der Waals surface area contributed by atoms with Crippen LogP contribution < -0.4 is 0 Å². The summed E-state index contributed by atoms with van der Waals surface area (Å²) in [5, 5.41) is 6.20. The molecule has 0 fully saturated rings. The molecule has 0 aliphatic carbocycles. The number of hydrogen-bond acceptors (Lipinski definition) is 3. The molecular formula is C9H7FN2OS. The number of aromatic nitrogens is 2. The van der Waals surface area contributed by atoms with Crippen molar-refractivity contribution >= 4 is 12.2 Å². The fraction of sp³-hybridized carbons (Fsp3) is 0.111. The first-order chi connectivity index (χ1) is 6.66. The zero-order valence-electron chi connectivity index (χ0n) is 7.37. The molecule has 0 saturated carbocycles. The Hall–Kier alpha value is -1.49. The molecule has 1 N–H and O–H groups in total. The van der Waals surface area contributed by atoms with Crippen molar-refractivity contribution in [3.8, 4) is 11.5 Å². The third kappa shape index (κ3) is 1.58. The molecule has 0 aliphatic heterocycles. The summed E-state index contributed by atoms with van der Waals surface area (Å²) in [4.78, 5) is 0.140. The van der Waals surface area contributed by atoms with Gasteiger partial charge < -0.3 is 4.42 Å². The first kappa shape index (κ1) is 9.08. The molecule has 5 heteroatoms. The van der Waals surface area contributed by atoms with Crippen LogP contribution in [-0.4, -0.2) is 10.2 Å². The van der Waals surface area contributed by atoms with Crippen molar-refractivity contribution in [2.24, 2.45) is 0 Å². The zero-order chi connectivity index (χ0) is 10.1. The SMILES string of the molecule is Cc1ccc(F)c(-c2n[nH]c(=S)o2)c1. The highest BCUT2D eigenvalue weighted by Gasteiger charge is 2.09. The second-order valence-corrected chi connectivity index (χ2v) is 3.27. The lowest BCUT2D eigenvalue weighted by Gasteiger charge is -1.98. The normalized spacial score (nSPS) is 10.4. The van der Waals surface area contributed by atoms with E-state index in [0.29, 0.717) is 5.56 Å². The minimum Gasteiger partial charge on any atom is -0.409 e. The number of aryl methyl sites for hydroxylation is 1. The van der Waals surface area contributed by atoms with Crippen LogP contribution in [0.5, 0.6) is 0 Å². The smallest absolute Gasteiger partial charge is 0.284 e. The van der Waals surface area contributed by atoms with Crippen LogP contribution in [0.1, 0.15) is 5.56 Å². The molecule has 0 atom stereocenters. The largest absolute Gasteiger partial charge is 0.409 e. The van der Waals surface area contributed by atoms with E-state index in [1.807, 2.05) is 6.92 Å². The summed E-state index contributed by atoms with van der Waals surface area (Å²) in [5.41, 5.74) is 1.25. The Labute approximate surface area is 84.6 Å². The van der Waals surface area contributed by atoms with Gasteiger partial charge in [-0.05, 0) is 31.3 Å². The first-order valence-electron chi connectivity index (χ1n) is 3.99. The lowest BCUT2D eigenvalue weighted by molar-refractivity contribution is 0.543. The van der Waals surface area contributed by atoms with Crippen molar-refractivity contribution in [2.45, 2.75) is 6.92 Å². The molecule has 0 saturated heterocycles. The number of aromatic amines is 1. The minimum atomic E-state index is -0.374. The second kappa shape index (κ2) is 3.34. The summed E-state index contributed by atoms with van der Waals surface area (Å²) in [5.74, 6) is -0.197. The van der Waals surface area contributed by atoms with Gasteiger partial charge in [0.2, 0.25) is 5.89 Å². The average molecular weight is 210 g/mol. The van der Waals surface area contributed by atoms with Gasteiger partial charge in [-0.2, -0.15) is 0 Å². The Morgan fingerprint density at radius 2 is 2.29 bits per heavy atom. The Bertz CT molecular complexity index is 518. The Morgan fingerprint density at radius 1 is 1.50 bits per heavy atom. The van der Waals surface area contributed by atoms with E-state index < -0.39 is 0 Å². The Balaban J connectivity index is 2.61. The number of rotatable bonds is 1. The number of halogens is 1. The van der Waals surface area contributed by atoms with Gasteiger partial charge in [-0.25, -0.2) is 9.49 Å². The van der Waals surface area contributed by atoms with Crippen molar-refractivity contribution in [2.75, 3.05) is 0 Å². The van der Waals surface area contributed by atoms with Crippen LogP contribution in [-0.2, 0) is 0 Å². The van der Waals surface area contributed by atoms with Crippen LogP contribution in [0.4, 0.5) is 4.39 Å². The van der Waals surface area contributed by atoms with Gasteiger partial charge in [0.1, 0.15) is 5.82 Å². The summed E-state index contributed by atoms with van der Waals surface area (Å²) in [6.07, 6.45) is 0. The Morgan fingerprint density at radius 3 is 2.93 bits per heavy atom. The second-order valence-electron chi connectivity index (χ2n) is 2.90. The van der Waals surface area contributed by atoms with Crippen LogP contribution in [0.25, 0.3) is 11.5 Å². The predicted molar refractivity (Wildman–Crippen MR) is 51.8 cm³/mol. The highest BCUT2D eigenvalue weighted by atomic mass is 32.1. The molecule has 0 spiro atoms. The van der Waals surface area contributed by atoms with Crippen LogP contribution in [0.2, 0.25) is 0 Å². The van der Waals surface area contributed by atoms with E-state index in [1.54, 1.807) is 12.1 Å². The van der Waals surface area contributed by atoms with Crippen molar-refractivity contribution < 1.29 is 8.81 Å². The summed E-state index contributed by atoms with van der Waals surface area (Å²) in [7, 11) is 0. The van der Waals surface area contributed by atoms with Crippen LogP contribution >= 0.6 is 12.2 Å². The van der Waals surface area contributed by atoms with Gasteiger partial charge in [-0.1, -0.05) is 11.6 Å². The zero-order valence-corrected chi connectivity index (χ0v) is 8.19. The average Bonchev–Trinajstić information content (AvgIpc) is 2.56. The summed E-state index contributed by atoms with van der Waals surface area (Å²) in [6.45, 7) is 1.87. The number of nitrogens with zero attached hydrogens (tertiary/aromatic N) is 1. The van der Waals surface area contributed by atoms with Crippen molar-refractivity contribution in [3.05, 3.63) is 34.4 Å². The number of H-pyrrole nitrogens is 1. The minimum absolute atomic E-state index is 0.140. The van der Waals surface area contributed by atoms with E-state index in [9.17, 15) is 4.39 Å². The number of nitrogens with one attached hydrogen (secondary N) is 1. The highest BCUT2D eigenvalue weighted by molar-refractivity contribution is 7.71. The van der Waals surface area contributed by atoms with Gasteiger partial charge in [0.05, 0.1) is 5.56 Å². The van der Waals surface area contributed by atoms with E-state index in [0.717, 1.165) is 5.56 Å². The highest BCUT2D eigenvalue weighted by Crippen LogP contribution is 2.21. The van der Waals surface area contributed by atoms with E-state index in [-0.39, 0.29) is 16.5 Å². The molecule has 72 valence electrons. The van der Waals surface area contributed by atoms with Gasteiger partial charge in [-0.15, -0.1) is 5.10 Å². The van der Waals surface area contributed by atoms with Crippen molar-refractivity contribution in [1.29, 1.82) is 0 Å². The fourth-order valence-corrected chi connectivity index (χ4v) is 1.27. The van der Waals surface area contributed by atoms with E-state index in [1.165, 1.54) is 6.07 Å². The molecule has 2 aromatic rings. The quantitative estimate of drug-likeness (QED) is 0.736. The molecule has 1 heterocycles. The molecule has 14 heavy (non-hydrogen) atoms. The summed E-state index contributed by atoms with van der Waals surface area (Å²) < 4.78 is 18.3. The Kier molecular flexibility index (Phi) is 2.17. The molecule has 0 amide bonds. The maximum Gasteiger partial charge on any atom is 0.284 e. The van der Waals surface area contributed by atoms with Gasteiger partial charge in [0.15, 0.2) is 0 Å². The predicted octanol–water partition coefficient (Wildman–Crippen LogP) is 2.85. The van der Waals surface area contributed by atoms with E-state index >= 15 is 0 Å². The van der Waals surface area contributed by atoms with E-state index in [2.05, 4.69) is 10.2 Å².